The molecule has 3 aromatic rings. The van der Waals surface area contributed by atoms with E-state index in [2.05, 4.69) is 4.90 Å². The van der Waals surface area contributed by atoms with Crippen LogP contribution < -0.4 is 9.80 Å². The van der Waals surface area contributed by atoms with Crippen molar-refractivity contribution in [3.63, 3.8) is 0 Å². The Balaban J connectivity index is 1.55. The van der Waals surface area contributed by atoms with E-state index >= 15 is 0 Å². The summed E-state index contributed by atoms with van der Waals surface area (Å²) >= 11 is 13.2. The van der Waals surface area contributed by atoms with E-state index in [1.54, 1.807) is 43.0 Å². The largest absolute Gasteiger partial charge is 0.368 e. The second-order valence-corrected chi connectivity index (χ2v) is 11.0. The Bertz CT molecular complexity index is 1480. The van der Waals surface area contributed by atoms with Gasteiger partial charge in [0.25, 0.3) is 5.91 Å². The summed E-state index contributed by atoms with van der Waals surface area (Å²) in [6.07, 6.45) is 0. The maximum absolute atomic E-state index is 14.4. The zero-order valence-corrected chi connectivity index (χ0v) is 24.4. The fourth-order valence-electron chi connectivity index (χ4n) is 5.29. The number of piperazine rings is 1. The highest BCUT2D eigenvalue weighted by molar-refractivity contribution is 6.42. The molecule has 0 bridgehead atoms. The van der Waals surface area contributed by atoms with Gasteiger partial charge in [0.15, 0.2) is 0 Å². The number of nitrogens with zero attached hydrogens (tertiary/aromatic N) is 6. The third kappa shape index (κ3) is 5.15. The van der Waals surface area contributed by atoms with E-state index in [0.717, 1.165) is 11.4 Å². The molecule has 2 aliphatic heterocycles. The Morgan fingerprint density at radius 1 is 1.02 bits per heavy atom. The average molecular weight is 586 g/mol. The fraction of sp³-hybridized carbons (Fsp3) is 0.345. The van der Waals surface area contributed by atoms with Gasteiger partial charge in [-0.05, 0) is 44.2 Å². The quantitative estimate of drug-likeness (QED) is 0.433. The van der Waals surface area contributed by atoms with Crippen molar-refractivity contribution in [3.05, 3.63) is 86.9 Å². The van der Waals surface area contributed by atoms with E-state index < -0.39 is 6.04 Å². The molecule has 0 radical (unpaired) electrons. The van der Waals surface area contributed by atoms with Crippen molar-refractivity contribution in [2.75, 3.05) is 56.6 Å². The molecule has 2 aliphatic rings. The normalized spacial score (nSPS) is 17.3. The minimum atomic E-state index is -0.636. The molecule has 1 unspecified atom stereocenters. The molecule has 0 aliphatic carbocycles. The van der Waals surface area contributed by atoms with Gasteiger partial charge in [0.1, 0.15) is 24.2 Å². The van der Waals surface area contributed by atoms with Crippen LogP contribution >= 0.6 is 23.2 Å². The number of anilines is 2. The van der Waals surface area contributed by atoms with Gasteiger partial charge < -0.3 is 19.6 Å². The number of allylic oxidation sites excluding steroid dienone is 1. The summed E-state index contributed by atoms with van der Waals surface area (Å²) in [5.74, 6) is 0.152. The first-order valence-corrected chi connectivity index (χ1v) is 13.8. The van der Waals surface area contributed by atoms with Crippen molar-refractivity contribution >= 4 is 46.5 Å². The molecule has 1 aromatic heterocycles. The maximum Gasteiger partial charge on any atom is 0.254 e. The number of rotatable bonds is 5. The van der Waals surface area contributed by atoms with Gasteiger partial charge in [-0.3, -0.25) is 9.59 Å². The van der Waals surface area contributed by atoms with Crippen molar-refractivity contribution in [2.24, 2.45) is 0 Å². The van der Waals surface area contributed by atoms with E-state index in [4.69, 9.17) is 28.3 Å². The van der Waals surface area contributed by atoms with Gasteiger partial charge in [-0.25, -0.2) is 9.07 Å². The minimum Gasteiger partial charge on any atom is -0.368 e. The number of hydrogen-bond acceptors (Lipinski definition) is 5. The summed E-state index contributed by atoms with van der Waals surface area (Å²) in [6, 6.07) is 13.0. The Kier molecular flexibility index (Phi) is 7.79. The topological polar surface area (TPSA) is 64.9 Å². The molecule has 3 heterocycles. The molecule has 210 valence electrons. The molecule has 2 amide bonds. The van der Waals surface area contributed by atoms with E-state index in [1.807, 2.05) is 35.8 Å². The van der Waals surface area contributed by atoms with Gasteiger partial charge >= 0.3 is 0 Å². The number of fused-ring (bicyclic) bond motifs is 1. The molecule has 0 spiro atoms. The van der Waals surface area contributed by atoms with Crippen LogP contribution in [0.4, 0.5) is 15.9 Å². The number of likely N-dealkylation sites (N-methyl/N-ethyl adjacent to an activating group) is 1. The second-order valence-electron chi connectivity index (χ2n) is 10.3. The third-order valence-corrected chi connectivity index (χ3v) is 8.32. The lowest BCUT2D eigenvalue weighted by molar-refractivity contribution is -0.128. The lowest BCUT2D eigenvalue weighted by Gasteiger charge is -2.41. The van der Waals surface area contributed by atoms with Crippen LogP contribution in [0, 0.1) is 12.7 Å². The molecule has 8 nitrogen and oxygen atoms in total. The van der Waals surface area contributed by atoms with Gasteiger partial charge in [0.05, 0.1) is 21.3 Å². The van der Waals surface area contributed by atoms with Crippen LogP contribution in [0.2, 0.25) is 10.0 Å². The summed E-state index contributed by atoms with van der Waals surface area (Å²) in [6.45, 7) is 5.94. The smallest absolute Gasteiger partial charge is 0.254 e. The number of carbonyl (C=O) groups excluding carboxylic acids is 2. The highest BCUT2D eigenvalue weighted by atomic mass is 35.5. The second kappa shape index (κ2) is 11.1. The molecule has 2 aromatic carbocycles. The van der Waals surface area contributed by atoms with Gasteiger partial charge in [-0.15, -0.1) is 0 Å². The summed E-state index contributed by atoms with van der Waals surface area (Å²) < 4.78 is 15.2. The number of amides is 2. The molecule has 0 N–H and O–H groups in total. The standard InChI is InChI=1S/C29H31Cl2FN6O2/c1-18-16-24-37(17-25(39)34(3)4)19(2)26(28(38(24)33-18)22-6-5-7-23(30)27(22)31)29(40)36-14-12-35(13-15-36)21-10-8-20(32)9-11-21/h5-11,16,28H,12-15,17H2,1-4H3. The van der Waals surface area contributed by atoms with Crippen LogP contribution in [-0.2, 0) is 9.59 Å². The van der Waals surface area contributed by atoms with Crippen LogP contribution in [0.3, 0.4) is 0 Å². The van der Waals surface area contributed by atoms with Crippen LogP contribution in [0.25, 0.3) is 0 Å². The number of aromatic nitrogens is 2. The zero-order valence-electron chi connectivity index (χ0n) is 22.9. The van der Waals surface area contributed by atoms with E-state index in [9.17, 15) is 14.0 Å². The Morgan fingerprint density at radius 2 is 1.70 bits per heavy atom. The molecule has 5 rings (SSSR count). The first-order valence-electron chi connectivity index (χ1n) is 13.0. The number of hydrogen-bond donors (Lipinski definition) is 0. The van der Waals surface area contributed by atoms with Crippen molar-refractivity contribution in [1.82, 2.24) is 19.6 Å². The van der Waals surface area contributed by atoms with Gasteiger partial charge in [-0.1, -0.05) is 35.3 Å². The number of benzene rings is 2. The zero-order chi connectivity index (χ0) is 28.7. The highest BCUT2D eigenvalue weighted by Gasteiger charge is 2.40. The first kappa shape index (κ1) is 28.0. The number of halogens is 3. The lowest BCUT2D eigenvalue weighted by atomic mass is 9.93. The number of carbonyl (C=O) groups is 2. The van der Waals surface area contributed by atoms with Gasteiger partial charge in [0, 0.05) is 63.3 Å². The van der Waals surface area contributed by atoms with Crippen LogP contribution in [-0.4, -0.2) is 78.2 Å². The van der Waals surface area contributed by atoms with Crippen molar-refractivity contribution in [1.29, 1.82) is 0 Å². The predicted molar refractivity (Wildman–Crippen MR) is 155 cm³/mol. The fourth-order valence-corrected chi connectivity index (χ4v) is 5.70. The summed E-state index contributed by atoms with van der Waals surface area (Å²) in [7, 11) is 3.41. The van der Waals surface area contributed by atoms with Crippen molar-refractivity contribution in [3.8, 4) is 0 Å². The van der Waals surface area contributed by atoms with Gasteiger partial charge in [0.2, 0.25) is 5.91 Å². The molecule has 1 atom stereocenters. The van der Waals surface area contributed by atoms with Crippen LogP contribution in [0.1, 0.15) is 24.2 Å². The van der Waals surface area contributed by atoms with Crippen molar-refractivity contribution in [2.45, 2.75) is 19.9 Å². The lowest BCUT2D eigenvalue weighted by Crippen LogP contribution is -2.51. The monoisotopic (exact) mass is 584 g/mol. The van der Waals surface area contributed by atoms with E-state index in [0.29, 0.717) is 58.9 Å². The Hall–Kier alpha value is -3.56. The molecule has 1 fully saturated rings. The molecule has 40 heavy (non-hydrogen) atoms. The van der Waals surface area contributed by atoms with E-state index in [-0.39, 0.29) is 24.2 Å². The summed E-state index contributed by atoms with van der Waals surface area (Å²) in [4.78, 5) is 34.6. The van der Waals surface area contributed by atoms with Crippen molar-refractivity contribution < 1.29 is 14.0 Å². The van der Waals surface area contributed by atoms with Gasteiger partial charge in [-0.2, -0.15) is 5.10 Å². The Labute approximate surface area is 243 Å². The van der Waals surface area contributed by atoms with Crippen LogP contribution in [0.5, 0.6) is 0 Å². The average Bonchev–Trinajstić information content (AvgIpc) is 3.32. The minimum absolute atomic E-state index is 0.0507. The molecule has 11 heteroatoms. The Morgan fingerprint density at radius 3 is 2.35 bits per heavy atom. The molecule has 1 saturated heterocycles. The molecular formula is C29H31Cl2FN6O2. The summed E-state index contributed by atoms with van der Waals surface area (Å²) in [5.41, 5.74) is 3.46. The predicted octanol–water partition coefficient (Wildman–Crippen LogP) is 4.76. The van der Waals surface area contributed by atoms with E-state index in [1.165, 1.54) is 17.0 Å². The molecular weight excluding hydrogens is 554 g/mol. The maximum atomic E-state index is 14.4. The first-order chi connectivity index (χ1) is 19.1. The van der Waals surface area contributed by atoms with Crippen LogP contribution in [0.15, 0.2) is 59.8 Å². The summed E-state index contributed by atoms with van der Waals surface area (Å²) in [5, 5.41) is 5.49. The third-order valence-electron chi connectivity index (χ3n) is 7.48. The SMILES string of the molecule is CC1=C(C(=O)N2CCN(c3ccc(F)cc3)CC2)C(c2cccc(Cl)c2Cl)n2nc(C)cc2N1CC(=O)N(C)C. The number of aryl methyl sites for hydroxylation is 1. The highest BCUT2D eigenvalue weighted by Crippen LogP contribution is 2.43. The molecule has 0 saturated carbocycles.